The molecule has 13 heavy (non-hydrogen) atoms. The molecular formula is C10H20N2O. The number of nitrogens with one attached hydrogen (secondary N) is 1. The lowest BCUT2D eigenvalue weighted by Gasteiger charge is -2.26. The van der Waals surface area contributed by atoms with Crippen molar-refractivity contribution in [1.29, 1.82) is 0 Å². The summed E-state index contributed by atoms with van der Waals surface area (Å²) in [6.45, 7) is 3.49. The maximum absolute atomic E-state index is 11.5. The summed E-state index contributed by atoms with van der Waals surface area (Å²) in [6, 6.07) is 0. The van der Waals surface area contributed by atoms with Gasteiger partial charge < -0.3 is 11.1 Å². The molecule has 0 atom stereocenters. The normalized spacial score (nSPS) is 28.5. The summed E-state index contributed by atoms with van der Waals surface area (Å²) in [4.78, 5) is 11.5. The number of amides is 1. The Morgan fingerprint density at radius 1 is 1.38 bits per heavy atom. The van der Waals surface area contributed by atoms with Gasteiger partial charge in [-0.05, 0) is 45.1 Å². The van der Waals surface area contributed by atoms with Crippen molar-refractivity contribution in [2.24, 2.45) is 17.6 Å². The van der Waals surface area contributed by atoms with E-state index in [4.69, 9.17) is 5.73 Å². The van der Waals surface area contributed by atoms with E-state index in [9.17, 15) is 4.79 Å². The molecule has 1 saturated carbocycles. The maximum Gasteiger partial charge on any atom is 0.223 e. The standard InChI is InChI=1S/C10H20N2O/c1-2-12-10(13)9-5-3-8(7-11)4-6-9/h8-9H,2-7,11H2,1H3,(H,12,13). The largest absolute Gasteiger partial charge is 0.356 e. The lowest BCUT2D eigenvalue weighted by Crippen LogP contribution is -2.34. The molecule has 0 aromatic heterocycles. The summed E-state index contributed by atoms with van der Waals surface area (Å²) in [6.07, 6.45) is 4.29. The van der Waals surface area contributed by atoms with E-state index < -0.39 is 0 Å². The van der Waals surface area contributed by atoms with Crippen LogP contribution in [0.15, 0.2) is 0 Å². The van der Waals surface area contributed by atoms with Crippen molar-refractivity contribution in [3.05, 3.63) is 0 Å². The molecule has 1 rings (SSSR count). The second-order valence-electron chi connectivity index (χ2n) is 3.85. The Morgan fingerprint density at radius 2 is 2.00 bits per heavy atom. The monoisotopic (exact) mass is 184 g/mol. The van der Waals surface area contributed by atoms with E-state index in [-0.39, 0.29) is 11.8 Å². The van der Waals surface area contributed by atoms with Gasteiger partial charge in [-0.25, -0.2) is 0 Å². The van der Waals surface area contributed by atoms with Crippen LogP contribution in [0.1, 0.15) is 32.6 Å². The van der Waals surface area contributed by atoms with Gasteiger partial charge in [0.15, 0.2) is 0 Å². The molecule has 3 nitrogen and oxygen atoms in total. The molecule has 0 aromatic rings. The minimum Gasteiger partial charge on any atom is -0.356 e. The molecule has 1 amide bonds. The minimum absolute atomic E-state index is 0.234. The van der Waals surface area contributed by atoms with Crippen molar-refractivity contribution in [2.45, 2.75) is 32.6 Å². The third kappa shape index (κ3) is 2.99. The zero-order valence-corrected chi connectivity index (χ0v) is 8.38. The molecule has 1 aliphatic rings. The zero-order chi connectivity index (χ0) is 9.68. The van der Waals surface area contributed by atoms with E-state index in [1.807, 2.05) is 6.92 Å². The maximum atomic E-state index is 11.5. The third-order valence-corrected chi connectivity index (χ3v) is 2.90. The second kappa shape index (κ2) is 5.22. The van der Waals surface area contributed by atoms with Crippen LogP contribution in [0.4, 0.5) is 0 Å². The Labute approximate surface area is 80.1 Å². The molecule has 0 saturated heterocycles. The van der Waals surface area contributed by atoms with Gasteiger partial charge in [0.25, 0.3) is 0 Å². The molecule has 3 heteroatoms. The topological polar surface area (TPSA) is 55.1 Å². The van der Waals surface area contributed by atoms with Crippen molar-refractivity contribution in [3.8, 4) is 0 Å². The molecule has 0 bridgehead atoms. The van der Waals surface area contributed by atoms with E-state index >= 15 is 0 Å². The van der Waals surface area contributed by atoms with Gasteiger partial charge in [0.05, 0.1) is 0 Å². The van der Waals surface area contributed by atoms with E-state index in [2.05, 4.69) is 5.32 Å². The van der Waals surface area contributed by atoms with Crippen molar-refractivity contribution in [2.75, 3.05) is 13.1 Å². The Kier molecular flexibility index (Phi) is 4.22. The van der Waals surface area contributed by atoms with Crippen LogP contribution in [0.25, 0.3) is 0 Å². The van der Waals surface area contributed by atoms with Crippen LogP contribution in [0, 0.1) is 11.8 Å². The predicted octanol–water partition coefficient (Wildman–Crippen LogP) is 0.888. The Hall–Kier alpha value is -0.570. The SMILES string of the molecule is CCNC(=O)C1CCC(CN)CC1. The zero-order valence-electron chi connectivity index (χ0n) is 8.38. The van der Waals surface area contributed by atoms with Crippen molar-refractivity contribution < 1.29 is 4.79 Å². The number of carbonyl (C=O) groups is 1. The Balaban J connectivity index is 2.28. The number of rotatable bonds is 3. The summed E-state index contributed by atoms with van der Waals surface area (Å²) in [5, 5.41) is 2.88. The molecule has 0 aliphatic heterocycles. The van der Waals surface area contributed by atoms with Crippen LogP contribution >= 0.6 is 0 Å². The van der Waals surface area contributed by atoms with Crippen LogP contribution in [0.2, 0.25) is 0 Å². The molecule has 3 N–H and O–H groups in total. The van der Waals surface area contributed by atoms with Gasteiger partial charge in [-0.3, -0.25) is 4.79 Å². The second-order valence-corrected chi connectivity index (χ2v) is 3.85. The smallest absolute Gasteiger partial charge is 0.223 e. The quantitative estimate of drug-likeness (QED) is 0.684. The highest BCUT2D eigenvalue weighted by atomic mass is 16.1. The average Bonchev–Trinajstić information content (AvgIpc) is 2.18. The van der Waals surface area contributed by atoms with Gasteiger partial charge in [0, 0.05) is 12.5 Å². The van der Waals surface area contributed by atoms with E-state index in [1.54, 1.807) is 0 Å². The first-order valence-corrected chi connectivity index (χ1v) is 5.25. The Bertz CT molecular complexity index is 162. The molecule has 76 valence electrons. The van der Waals surface area contributed by atoms with Crippen LogP contribution in [0.5, 0.6) is 0 Å². The number of carbonyl (C=O) groups excluding carboxylic acids is 1. The lowest BCUT2D eigenvalue weighted by atomic mass is 9.81. The highest BCUT2D eigenvalue weighted by molar-refractivity contribution is 5.78. The molecular weight excluding hydrogens is 164 g/mol. The summed E-state index contributed by atoms with van der Waals surface area (Å²) in [5.74, 6) is 1.14. The highest BCUT2D eigenvalue weighted by Crippen LogP contribution is 2.27. The summed E-state index contributed by atoms with van der Waals surface area (Å²) in [7, 11) is 0. The molecule has 0 unspecified atom stereocenters. The van der Waals surface area contributed by atoms with E-state index in [0.29, 0.717) is 5.92 Å². The first kappa shape index (κ1) is 10.5. The number of nitrogens with two attached hydrogens (primary N) is 1. The van der Waals surface area contributed by atoms with Crippen molar-refractivity contribution in [1.82, 2.24) is 5.32 Å². The van der Waals surface area contributed by atoms with Gasteiger partial charge in [-0.2, -0.15) is 0 Å². The first-order valence-electron chi connectivity index (χ1n) is 5.25. The highest BCUT2D eigenvalue weighted by Gasteiger charge is 2.24. The van der Waals surface area contributed by atoms with Gasteiger partial charge in [0.1, 0.15) is 0 Å². The van der Waals surface area contributed by atoms with Gasteiger partial charge >= 0.3 is 0 Å². The fourth-order valence-electron chi connectivity index (χ4n) is 1.98. The summed E-state index contributed by atoms with van der Waals surface area (Å²) >= 11 is 0. The van der Waals surface area contributed by atoms with Crippen molar-refractivity contribution >= 4 is 5.91 Å². The molecule has 1 aliphatic carbocycles. The van der Waals surface area contributed by atoms with Crippen LogP contribution < -0.4 is 11.1 Å². The number of hydrogen-bond acceptors (Lipinski definition) is 2. The molecule has 0 aromatic carbocycles. The molecule has 0 heterocycles. The van der Waals surface area contributed by atoms with Gasteiger partial charge in [-0.15, -0.1) is 0 Å². The fourth-order valence-corrected chi connectivity index (χ4v) is 1.98. The number of hydrogen-bond donors (Lipinski definition) is 2. The Morgan fingerprint density at radius 3 is 2.46 bits per heavy atom. The fraction of sp³-hybridized carbons (Fsp3) is 0.900. The van der Waals surface area contributed by atoms with Crippen molar-refractivity contribution in [3.63, 3.8) is 0 Å². The van der Waals surface area contributed by atoms with E-state index in [1.165, 1.54) is 0 Å². The molecule has 1 fully saturated rings. The third-order valence-electron chi connectivity index (χ3n) is 2.90. The lowest BCUT2D eigenvalue weighted by molar-refractivity contribution is -0.126. The summed E-state index contributed by atoms with van der Waals surface area (Å²) < 4.78 is 0. The predicted molar refractivity (Wildman–Crippen MR) is 53.2 cm³/mol. The van der Waals surface area contributed by atoms with Gasteiger partial charge in [-0.1, -0.05) is 0 Å². The van der Waals surface area contributed by atoms with Gasteiger partial charge in [0.2, 0.25) is 5.91 Å². The minimum atomic E-state index is 0.234. The first-order chi connectivity index (χ1) is 6.27. The molecule has 0 spiro atoms. The van der Waals surface area contributed by atoms with Crippen LogP contribution in [-0.2, 0) is 4.79 Å². The molecule has 0 radical (unpaired) electrons. The summed E-state index contributed by atoms with van der Waals surface area (Å²) in [5.41, 5.74) is 5.58. The van der Waals surface area contributed by atoms with Crippen LogP contribution in [0.3, 0.4) is 0 Å². The average molecular weight is 184 g/mol. The van der Waals surface area contributed by atoms with Crippen LogP contribution in [-0.4, -0.2) is 19.0 Å². The van der Waals surface area contributed by atoms with E-state index in [0.717, 1.165) is 38.8 Å².